The van der Waals surface area contributed by atoms with Crippen LogP contribution in [0.3, 0.4) is 0 Å². The van der Waals surface area contributed by atoms with Crippen molar-refractivity contribution in [2.75, 3.05) is 6.54 Å². The van der Waals surface area contributed by atoms with Crippen LogP contribution in [-0.2, 0) is 10.0 Å². The average molecular weight is 477 g/mol. The lowest BCUT2D eigenvalue weighted by molar-refractivity contribution is -0.384. The van der Waals surface area contributed by atoms with Crippen LogP contribution in [0.5, 0.6) is 0 Å². The van der Waals surface area contributed by atoms with Crippen LogP contribution in [0, 0.1) is 10.1 Å². The summed E-state index contributed by atoms with van der Waals surface area (Å²) in [6, 6.07) is 19.2. The van der Waals surface area contributed by atoms with Gasteiger partial charge in [0, 0.05) is 28.7 Å². The van der Waals surface area contributed by atoms with Crippen LogP contribution in [0.15, 0.2) is 84.3 Å². The summed E-state index contributed by atoms with van der Waals surface area (Å²) < 4.78 is 26.3. The SMILES string of the molecule is C=Cc1ccc(Cl)cc1.O=[N+]([O-])c1ccc(S(=O)(=O)N2CC2c2ccc(Cl)cc2)cc1. The maximum atomic E-state index is 12.5. The summed E-state index contributed by atoms with van der Waals surface area (Å²) in [5.41, 5.74) is 1.83. The zero-order chi connectivity index (χ0) is 22.6. The molecular formula is C22H18Cl2N2O4S. The van der Waals surface area contributed by atoms with Gasteiger partial charge in [-0.1, -0.05) is 60.1 Å². The second kappa shape index (κ2) is 9.62. The number of rotatable bonds is 5. The Kier molecular flexibility index (Phi) is 7.12. The van der Waals surface area contributed by atoms with Crippen molar-refractivity contribution in [3.05, 3.63) is 111 Å². The molecule has 3 aromatic carbocycles. The van der Waals surface area contributed by atoms with Crippen LogP contribution < -0.4 is 0 Å². The first-order chi connectivity index (χ1) is 14.7. The molecule has 9 heteroatoms. The molecule has 1 saturated heterocycles. The van der Waals surface area contributed by atoms with Gasteiger partial charge in [0.05, 0.1) is 15.9 Å². The van der Waals surface area contributed by atoms with Crippen LogP contribution >= 0.6 is 23.2 Å². The number of sulfonamides is 1. The molecule has 1 fully saturated rings. The predicted octanol–water partition coefficient (Wildman–Crippen LogP) is 5.98. The summed E-state index contributed by atoms with van der Waals surface area (Å²) in [5, 5.41) is 12.0. The van der Waals surface area contributed by atoms with Gasteiger partial charge in [-0.2, -0.15) is 4.31 Å². The molecule has 6 nitrogen and oxygen atoms in total. The average Bonchev–Trinajstić information content (AvgIpc) is 3.57. The molecule has 0 spiro atoms. The van der Waals surface area contributed by atoms with Gasteiger partial charge in [-0.15, -0.1) is 0 Å². The number of hydrogen-bond donors (Lipinski definition) is 0. The first-order valence-electron chi connectivity index (χ1n) is 9.12. The van der Waals surface area contributed by atoms with E-state index in [-0.39, 0.29) is 16.6 Å². The standard InChI is InChI=1S/C14H11ClN2O4S.C8H7Cl/c15-11-3-1-10(2-4-11)14-9-16(14)22(20,21)13-7-5-12(6-8-13)17(18)19;1-2-7-3-5-8(9)6-4-7/h1-8,14H,9H2;2-6H,1H2. The first kappa shape index (κ1) is 23.0. The summed E-state index contributed by atoms with van der Waals surface area (Å²) >= 11 is 11.4. The largest absolute Gasteiger partial charge is 0.269 e. The number of nitro benzene ring substituents is 1. The van der Waals surface area contributed by atoms with E-state index in [9.17, 15) is 18.5 Å². The number of hydrogen-bond acceptors (Lipinski definition) is 4. The molecule has 0 N–H and O–H groups in total. The Hall–Kier alpha value is -2.71. The van der Waals surface area contributed by atoms with E-state index in [1.165, 1.54) is 28.6 Å². The predicted molar refractivity (Wildman–Crippen MR) is 123 cm³/mol. The monoisotopic (exact) mass is 476 g/mol. The molecule has 0 radical (unpaired) electrons. The zero-order valence-electron chi connectivity index (χ0n) is 16.2. The van der Waals surface area contributed by atoms with Crippen molar-refractivity contribution < 1.29 is 13.3 Å². The van der Waals surface area contributed by atoms with Crippen LogP contribution in [0.25, 0.3) is 6.08 Å². The van der Waals surface area contributed by atoms with Gasteiger partial charge < -0.3 is 0 Å². The van der Waals surface area contributed by atoms with Crippen molar-refractivity contribution in [2.24, 2.45) is 0 Å². The lowest BCUT2D eigenvalue weighted by Crippen LogP contribution is -2.12. The lowest BCUT2D eigenvalue weighted by atomic mass is 10.2. The second-order valence-corrected chi connectivity index (χ2v) is 9.41. The summed E-state index contributed by atoms with van der Waals surface area (Å²) in [7, 11) is -3.64. The number of nitro groups is 1. The van der Waals surface area contributed by atoms with Crippen LogP contribution in [0.4, 0.5) is 5.69 Å². The fourth-order valence-corrected chi connectivity index (χ4v) is 4.62. The van der Waals surface area contributed by atoms with E-state index in [1.807, 2.05) is 24.3 Å². The minimum Gasteiger partial charge on any atom is -0.258 e. The molecule has 2 atom stereocenters. The highest BCUT2D eigenvalue weighted by Crippen LogP contribution is 2.40. The molecule has 0 amide bonds. The molecule has 160 valence electrons. The van der Waals surface area contributed by atoms with Gasteiger partial charge in [0.15, 0.2) is 0 Å². The van der Waals surface area contributed by atoms with Crippen LogP contribution in [0.2, 0.25) is 10.0 Å². The summed E-state index contributed by atoms with van der Waals surface area (Å²) in [6.45, 7) is 4.01. The zero-order valence-corrected chi connectivity index (χ0v) is 18.5. The van der Waals surface area contributed by atoms with Crippen molar-refractivity contribution in [1.29, 1.82) is 0 Å². The van der Waals surface area contributed by atoms with Crippen molar-refractivity contribution in [1.82, 2.24) is 4.31 Å². The Morgan fingerprint density at radius 2 is 1.45 bits per heavy atom. The topological polar surface area (TPSA) is 80.3 Å². The fourth-order valence-electron chi connectivity index (χ4n) is 2.82. The highest BCUT2D eigenvalue weighted by molar-refractivity contribution is 7.89. The van der Waals surface area contributed by atoms with Crippen molar-refractivity contribution >= 4 is 45.0 Å². The molecule has 1 aliphatic rings. The van der Waals surface area contributed by atoms with Gasteiger partial charge in [-0.05, 0) is 47.5 Å². The third-order valence-electron chi connectivity index (χ3n) is 4.58. The Morgan fingerprint density at radius 1 is 0.935 bits per heavy atom. The van der Waals surface area contributed by atoms with E-state index in [2.05, 4.69) is 6.58 Å². The second-order valence-electron chi connectivity index (χ2n) is 6.65. The van der Waals surface area contributed by atoms with Crippen molar-refractivity contribution in [3.8, 4) is 0 Å². The van der Waals surface area contributed by atoms with Crippen LogP contribution in [-0.4, -0.2) is 24.2 Å². The molecule has 4 rings (SSSR count). The molecule has 2 unspecified atom stereocenters. The Balaban J connectivity index is 0.000000254. The Labute approximate surface area is 190 Å². The highest BCUT2D eigenvalue weighted by atomic mass is 35.5. The number of nitrogens with zero attached hydrogens (tertiary/aromatic N) is 2. The third-order valence-corrected chi connectivity index (χ3v) is 6.97. The quantitative estimate of drug-likeness (QED) is 0.257. The van der Waals surface area contributed by atoms with Crippen molar-refractivity contribution in [3.63, 3.8) is 0 Å². The molecule has 1 aliphatic heterocycles. The van der Waals surface area contributed by atoms with Crippen LogP contribution in [0.1, 0.15) is 17.2 Å². The van der Waals surface area contributed by atoms with E-state index < -0.39 is 14.9 Å². The van der Waals surface area contributed by atoms with E-state index in [1.54, 1.807) is 30.3 Å². The normalized spacial score (nSPS) is 17.2. The number of halogens is 2. The molecule has 3 aromatic rings. The summed E-state index contributed by atoms with van der Waals surface area (Å²) in [4.78, 5) is 10.1. The fraction of sp³-hybridized carbons (Fsp3) is 0.0909. The van der Waals surface area contributed by atoms with Gasteiger partial charge >= 0.3 is 0 Å². The number of non-ortho nitro benzene ring substituents is 1. The van der Waals surface area contributed by atoms with Gasteiger partial charge in [0.25, 0.3) is 5.69 Å². The molecule has 0 aromatic heterocycles. The van der Waals surface area contributed by atoms with E-state index in [0.717, 1.165) is 16.1 Å². The lowest BCUT2D eigenvalue weighted by Gasteiger charge is -2.06. The van der Waals surface area contributed by atoms with E-state index in [0.29, 0.717) is 11.6 Å². The smallest absolute Gasteiger partial charge is 0.258 e. The van der Waals surface area contributed by atoms with Gasteiger partial charge in [-0.3, -0.25) is 10.1 Å². The summed E-state index contributed by atoms with van der Waals surface area (Å²) in [6.07, 6.45) is 1.79. The molecule has 1 heterocycles. The molecular weight excluding hydrogens is 459 g/mol. The Morgan fingerprint density at radius 3 is 1.94 bits per heavy atom. The Bertz CT molecular complexity index is 1180. The maximum Gasteiger partial charge on any atom is 0.269 e. The third kappa shape index (κ3) is 5.71. The van der Waals surface area contributed by atoms with Gasteiger partial charge in [-0.25, -0.2) is 8.42 Å². The molecule has 0 bridgehead atoms. The first-order valence-corrected chi connectivity index (χ1v) is 11.3. The maximum absolute atomic E-state index is 12.5. The molecule has 31 heavy (non-hydrogen) atoms. The number of benzene rings is 3. The summed E-state index contributed by atoms with van der Waals surface area (Å²) in [5.74, 6) is 0. The van der Waals surface area contributed by atoms with Gasteiger partial charge in [0.1, 0.15) is 0 Å². The highest BCUT2D eigenvalue weighted by Gasteiger charge is 2.45. The van der Waals surface area contributed by atoms with E-state index in [4.69, 9.17) is 23.2 Å². The molecule has 0 aliphatic carbocycles. The minimum atomic E-state index is -3.64. The molecule has 0 saturated carbocycles. The van der Waals surface area contributed by atoms with Gasteiger partial charge in [0.2, 0.25) is 10.0 Å². The van der Waals surface area contributed by atoms with Crippen molar-refractivity contribution in [2.45, 2.75) is 10.9 Å². The van der Waals surface area contributed by atoms with E-state index >= 15 is 0 Å². The minimum absolute atomic E-state index is 0.0505.